The van der Waals surface area contributed by atoms with Crippen molar-refractivity contribution in [1.29, 1.82) is 0 Å². The fourth-order valence-electron chi connectivity index (χ4n) is 2.68. The average molecular weight is 228 g/mol. The highest BCUT2D eigenvalue weighted by molar-refractivity contribution is 6.06. The van der Waals surface area contributed by atoms with Crippen molar-refractivity contribution in [2.24, 2.45) is 5.16 Å². The third-order valence-electron chi connectivity index (χ3n) is 3.63. The molecule has 0 bridgehead atoms. The minimum Gasteiger partial charge on any atom is -0.411 e. The molecule has 0 amide bonds. The van der Waals surface area contributed by atoms with E-state index in [1.165, 1.54) is 16.5 Å². The van der Waals surface area contributed by atoms with Crippen molar-refractivity contribution in [3.8, 4) is 0 Å². The van der Waals surface area contributed by atoms with Gasteiger partial charge in [-0.05, 0) is 48.9 Å². The lowest BCUT2D eigenvalue weighted by molar-refractivity contribution is 0.317. The van der Waals surface area contributed by atoms with Crippen molar-refractivity contribution in [3.05, 3.63) is 35.0 Å². The van der Waals surface area contributed by atoms with Crippen LogP contribution in [0.5, 0.6) is 0 Å². The van der Waals surface area contributed by atoms with E-state index in [0.717, 1.165) is 42.6 Å². The van der Waals surface area contributed by atoms with Crippen LogP contribution in [0.2, 0.25) is 0 Å². The van der Waals surface area contributed by atoms with E-state index in [4.69, 9.17) is 5.21 Å². The predicted octanol–water partition coefficient (Wildman–Crippen LogP) is 3.24. The Kier molecular flexibility index (Phi) is 2.39. The monoisotopic (exact) mass is 228 g/mol. The van der Waals surface area contributed by atoms with Gasteiger partial charge in [-0.15, -0.1) is 0 Å². The number of hydrogen-bond acceptors (Lipinski definition) is 2. The summed E-state index contributed by atoms with van der Waals surface area (Å²) in [4.78, 5) is 3.38. The molecule has 3 rings (SSSR count). The van der Waals surface area contributed by atoms with E-state index in [0.29, 0.717) is 0 Å². The number of aromatic amines is 1. The van der Waals surface area contributed by atoms with Crippen LogP contribution in [0.15, 0.2) is 23.4 Å². The summed E-state index contributed by atoms with van der Waals surface area (Å²) in [6.45, 7) is 2.17. The van der Waals surface area contributed by atoms with Gasteiger partial charge in [0.1, 0.15) is 5.71 Å². The summed E-state index contributed by atoms with van der Waals surface area (Å²) in [7, 11) is 0. The van der Waals surface area contributed by atoms with Crippen LogP contribution in [0.4, 0.5) is 0 Å². The number of benzene rings is 1. The van der Waals surface area contributed by atoms with E-state index in [2.05, 4.69) is 35.3 Å². The zero-order valence-corrected chi connectivity index (χ0v) is 9.95. The van der Waals surface area contributed by atoms with Gasteiger partial charge in [0.05, 0.1) is 5.69 Å². The molecule has 3 heteroatoms. The molecule has 1 aliphatic rings. The molecule has 1 aromatic heterocycles. The van der Waals surface area contributed by atoms with Gasteiger partial charge in [-0.3, -0.25) is 0 Å². The maximum atomic E-state index is 9.03. The van der Waals surface area contributed by atoms with Crippen molar-refractivity contribution in [2.45, 2.75) is 32.6 Å². The number of nitrogens with zero attached hydrogens (tertiary/aromatic N) is 1. The van der Waals surface area contributed by atoms with E-state index in [1.54, 1.807) is 0 Å². The Balaban J connectivity index is 2.27. The number of nitrogens with one attached hydrogen (secondary N) is 1. The van der Waals surface area contributed by atoms with Crippen molar-refractivity contribution in [2.75, 3.05) is 0 Å². The summed E-state index contributed by atoms with van der Waals surface area (Å²) in [5.74, 6) is 0. The van der Waals surface area contributed by atoms with Gasteiger partial charge in [-0.1, -0.05) is 18.1 Å². The first kappa shape index (κ1) is 10.4. The number of aryl methyl sites for hydroxylation is 2. The predicted molar refractivity (Wildman–Crippen MR) is 68.9 cm³/mol. The summed E-state index contributed by atoms with van der Waals surface area (Å²) in [6, 6.07) is 6.53. The second-order valence-electron chi connectivity index (χ2n) is 4.61. The van der Waals surface area contributed by atoms with Gasteiger partial charge < -0.3 is 10.2 Å². The van der Waals surface area contributed by atoms with E-state index in [-0.39, 0.29) is 0 Å². The van der Waals surface area contributed by atoms with Crippen molar-refractivity contribution in [3.63, 3.8) is 0 Å². The number of oxime groups is 1. The van der Waals surface area contributed by atoms with Gasteiger partial charge in [0.2, 0.25) is 0 Å². The Bertz CT molecular complexity index is 596. The molecule has 0 unspecified atom stereocenters. The van der Waals surface area contributed by atoms with Gasteiger partial charge in [0, 0.05) is 10.9 Å². The zero-order valence-electron chi connectivity index (χ0n) is 9.95. The van der Waals surface area contributed by atoms with Gasteiger partial charge >= 0.3 is 0 Å². The Labute approximate surface area is 100 Å². The summed E-state index contributed by atoms with van der Waals surface area (Å²) in [5, 5.41) is 13.7. The number of hydrogen-bond donors (Lipinski definition) is 2. The normalized spacial score (nSPS) is 17.6. The second kappa shape index (κ2) is 3.91. The fourth-order valence-corrected chi connectivity index (χ4v) is 2.68. The molecule has 0 fully saturated rings. The largest absolute Gasteiger partial charge is 0.411 e. The molecule has 0 radical (unpaired) electrons. The summed E-state index contributed by atoms with van der Waals surface area (Å²) < 4.78 is 0. The molecule has 1 aliphatic carbocycles. The average Bonchev–Trinajstić information content (AvgIpc) is 2.76. The van der Waals surface area contributed by atoms with Crippen LogP contribution in [-0.4, -0.2) is 15.9 Å². The minimum atomic E-state index is 0.792. The highest BCUT2D eigenvalue weighted by Gasteiger charge is 2.20. The molecule has 2 aromatic rings. The van der Waals surface area contributed by atoms with Crippen LogP contribution in [0.25, 0.3) is 10.9 Å². The number of H-pyrrole nitrogens is 1. The van der Waals surface area contributed by atoms with Crippen LogP contribution < -0.4 is 0 Å². The van der Waals surface area contributed by atoms with Gasteiger partial charge in [-0.25, -0.2) is 0 Å². The molecule has 3 nitrogen and oxygen atoms in total. The topological polar surface area (TPSA) is 48.4 Å². The zero-order chi connectivity index (χ0) is 11.8. The van der Waals surface area contributed by atoms with Crippen LogP contribution in [0, 0.1) is 0 Å². The van der Waals surface area contributed by atoms with E-state index in [9.17, 15) is 0 Å². The summed E-state index contributed by atoms with van der Waals surface area (Å²) >= 11 is 0. The van der Waals surface area contributed by atoms with Gasteiger partial charge in [0.15, 0.2) is 0 Å². The molecular formula is C14H16N2O. The maximum Gasteiger partial charge on any atom is 0.103 e. The SMILES string of the molecule is CCc1ccc2[nH]c3c(c2c1)CCCC3=NO. The Morgan fingerprint density at radius 1 is 1.35 bits per heavy atom. The molecule has 0 saturated carbocycles. The summed E-state index contributed by atoms with van der Waals surface area (Å²) in [6.07, 6.45) is 4.05. The summed E-state index contributed by atoms with van der Waals surface area (Å²) in [5.41, 5.74) is 5.64. The highest BCUT2D eigenvalue weighted by Crippen LogP contribution is 2.30. The molecule has 0 spiro atoms. The Hall–Kier alpha value is -1.77. The third-order valence-corrected chi connectivity index (χ3v) is 3.63. The number of aromatic nitrogens is 1. The van der Waals surface area contributed by atoms with E-state index < -0.39 is 0 Å². The van der Waals surface area contributed by atoms with Crippen LogP contribution >= 0.6 is 0 Å². The molecule has 2 N–H and O–H groups in total. The fraction of sp³-hybridized carbons (Fsp3) is 0.357. The van der Waals surface area contributed by atoms with E-state index >= 15 is 0 Å². The molecule has 0 saturated heterocycles. The quantitative estimate of drug-likeness (QED) is 0.571. The molecule has 0 atom stereocenters. The molecule has 0 aliphatic heterocycles. The van der Waals surface area contributed by atoms with Crippen LogP contribution in [0.3, 0.4) is 0 Å². The van der Waals surface area contributed by atoms with Crippen LogP contribution in [0.1, 0.15) is 36.6 Å². The number of rotatable bonds is 1. The van der Waals surface area contributed by atoms with Crippen molar-refractivity contribution in [1.82, 2.24) is 4.98 Å². The Morgan fingerprint density at radius 3 is 3.00 bits per heavy atom. The smallest absolute Gasteiger partial charge is 0.103 e. The highest BCUT2D eigenvalue weighted by atomic mass is 16.4. The standard InChI is InChI=1S/C14H16N2O/c1-2-9-6-7-12-11(8-9)10-4-3-5-13(16-17)14(10)15-12/h6-8,15,17H,2-5H2,1H3. The second-order valence-corrected chi connectivity index (χ2v) is 4.61. The first-order valence-corrected chi connectivity index (χ1v) is 6.18. The molecule has 1 aromatic carbocycles. The third kappa shape index (κ3) is 1.54. The first-order chi connectivity index (χ1) is 8.33. The maximum absolute atomic E-state index is 9.03. The minimum absolute atomic E-state index is 0.792. The van der Waals surface area contributed by atoms with Crippen molar-refractivity contribution >= 4 is 16.6 Å². The van der Waals surface area contributed by atoms with Gasteiger partial charge in [-0.2, -0.15) is 0 Å². The molecule has 17 heavy (non-hydrogen) atoms. The molecule has 1 heterocycles. The van der Waals surface area contributed by atoms with Crippen molar-refractivity contribution < 1.29 is 5.21 Å². The Morgan fingerprint density at radius 2 is 2.24 bits per heavy atom. The molecule has 88 valence electrons. The molecular weight excluding hydrogens is 212 g/mol. The lowest BCUT2D eigenvalue weighted by Crippen LogP contribution is -2.11. The van der Waals surface area contributed by atoms with Crippen LogP contribution in [-0.2, 0) is 12.8 Å². The lowest BCUT2D eigenvalue weighted by atomic mass is 9.93. The number of fused-ring (bicyclic) bond motifs is 3. The van der Waals surface area contributed by atoms with E-state index in [1.807, 2.05) is 0 Å². The first-order valence-electron chi connectivity index (χ1n) is 6.18. The lowest BCUT2D eigenvalue weighted by Gasteiger charge is -2.12. The van der Waals surface area contributed by atoms with Gasteiger partial charge in [0.25, 0.3) is 0 Å².